The lowest BCUT2D eigenvalue weighted by Gasteiger charge is -2.16. The van der Waals surface area contributed by atoms with Crippen molar-refractivity contribution in [1.29, 1.82) is 0 Å². The molecule has 1 N–H and O–H groups in total. The highest BCUT2D eigenvalue weighted by atomic mass is 35.5. The van der Waals surface area contributed by atoms with Crippen molar-refractivity contribution in [3.05, 3.63) is 64.4 Å². The highest BCUT2D eigenvalue weighted by Gasteiger charge is 2.10. The Morgan fingerprint density at radius 1 is 1.24 bits per heavy atom. The van der Waals surface area contributed by atoms with Crippen LogP contribution < -0.4 is 5.32 Å². The second kappa shape index (κ2) is 7.83. The summed E-state index contributed by atoms with van der Waals surface area (Å²) in [5.74, 6) is 0.588. The summed E-state index contributed by atoms with van der Waals surface area (Å²) < 4.78 is 13.2. The van der Waals surface area contributed by atoms with Crippen LogP contribution in [0.3, 0.4) is 0 Å². The van der Waals surface area contributed by atoms with E-state index in [1.54, 1.807) is 12.1 Å². The highest BCUT2D eigenvalue weighted by molar-refractivity contribution is 7.99. The summed E-state index contributed by atoms with van der Waals surface area (Å²) in [5.41, 5.74) is 2.32. The fourth-order valence-electron chi connectivity index (χ4n) is 2.10. The molecule has 0 aliphatic heterocycles. The van der Waals surface area contributed by atoms with Gasteiger partial charge in [0.15, 0.2) is 0 Å². The molecule has 21 heavy (non-hydrogen) atoms. The normalized spacial score (nSPS) is 12.4. The van der Waals surface area contributed by atoms with Crippen LogP contribution in [-0.4, -0.2) is 18.8 Å². The Balaban J connectivity index is 1.95. The summed E-state index contributed by atoms with van der Waals surface area (Å²) in [4.78, 5) is 1.27. The van der Waals surface area contributed by atoms with Crippen LogP contribution in [0.1, 0.15) is 11.1 Å². The first kappa shape index (κ1) is 16.3. The standard InChI is InChI=1S/C17H19ClFNS/c1-12-4-3-5-15(8-12)21-11-14(20-2)9-13-6-7-17(19)16(18)10-13/h3-8,10,14,20H,9,11H2,1-2H3. The number of thioether (sulfide) groups is 1. The number of hydrogen-bond donors (Lipinski definition) is 1. The van der Waals surface area contributed by atoms with E-state index in [9.17, 15) is 4.39 Å². The van der Waals surface area contributed by atoms with Crippen molar-refractivity contribution in [1.82, 2.24) is 5.32 Å². The molecule has 1 atom stereocenters. The summed E-state index contributed by atoms with van der Waals surface area (Å²) in [6.45, 7) is 2.10. The van der Waals surface area contributed by atoms with Crippen molar-refractivity contribution in [2.45, 2.75) is 24.3 Å². The molecule has 0 spiro atoms. The summed E-state index contributed by atoms with van der Waals surface area (Å²) >= 11 is 7.65. The quantitative estimate of drug-likeness (QED) is 0.773. The average Bonchev–Trinajstić information content (AvgIpc) is 2.47. The van der Waals surface area contributed by atoms with Gasteiger partial charge in [0.25, 0.3) is 0 Å². The maximum absolute atomic E-state index is 13.2. The van der Waals surface area contributed by atoms with Crippen molar-refractivity contribution >= 4 is 23.4 Å². The van der Waals surface area contributed by atoms with E-state index in [4.69, 9.17) is 11.6 Å². The number of benzene rings is 2. The second-order valence-electron chi connectivity index (χ2n) is 5.07. The summed E-state index contributed by atoms with van der Waals surface area (Å²) in [6.07, 6.45) is 0.829. The van der Waals surface area contributed by atoms with Gasteiger partial charge in [-0.3, -0.25) is 0 Å². The van der Waals surface area contributed by atoms with Crippen LogP contribution in [0, 0.1) is 12.7 Å². The molecule has 1 unspecified atom stereocenters. The maximum Gasteiger partial charge on any atom is 0.141 e. The molecule has 2 rings (SSSR count). The fourth-order valence-corrected chi connectivity index (χ4v) is 3.42. The number of hydrogen-bond acceptors (Lipinski definition) is 2. The van der Waals surface area contributed by atoms with Gasteiger partial charge in [-0.2, -0.15) is 0 Å². The van der Waals surface area contributed by atoms with Gasteiger partial charge in [0.1, 0.15) is 5.82 Å². The van der Waals surface area contributed by atoms with Crippen molar-refractivity contribution in [2.24, 2.45) is 0 Å². The van der Waals surface area contributed by atoms with Gasteiger partial charge in [0.2, 0.25) is 0 Å². The molecule has 2 aromatic rings. The largest absolute Gasteiger partial charge is 0.316 e. The molecule has 4 heteroatoms. The first-order valence-corrected chi connectivity index (χ1v) is 8.25. The minimum Gasteiger partial charge on any atom is -0.316 e. The molecule has 0 aromatic heterocycles. The van der Waals surface area contributed by atoms with Gasteiger partial charge in [0.05, 0.1) is 5.02 Å². The van der Waals surface area contributed by atoms with Crippen molar-refractivity contribution in [3.63, 3.8) is 0 Å². The SMILES string of the molecule is CNC(CSc1cccc(C)c1)Cc1ccc(F)c(Cl)c1. The molecule has 0 bridgehead atoms. The zero-order chi connectivity index (χ0) is 15.2. The minimum atomic E-state index is -0.365. The van der Waals surface area contributed by atoms with E-state index in [0.29, 0.717) is 6.04 Å². The molecule has 0 saturated carbocycles. The molecule has 0 radical (unpaired) electrons. The zero-order valence-corrected chi connectivity index (χ0v) is 13.8. The Morgan fingerprint density at radius 2 is 2.05 bits per heavy atom. The van der Waals surface area contributed by atoms with Crippen LogP contribution in [0.15, 0.2) is 47.4 Å². The van der Waals surface area contributed by atoms with E-state index in [0.717, 1.165) is 17.7 Å². The second-order valence-corrected chi connectivity index (χ2v) is 6.57. The third-order valence-corrected chi connectivity index (χ3v) is 4.76. The highest BCUT2D eigenvalue weighted by Crippen LogP contribution is 2.22. The van der Waals surface area contributed by atoms with Gasteiger partial charge in [-0.25, -0.2) is 4.39 Å². The first-order chi connectivity index (χ1) is 10.1. The smallest absolute Gasteiger partial charge is 0.141 e. The summed E-state index contributed by atoms with van der Waals surface area (Å²) in [5, 5.41) is 3.50. The Hall–Kier alpha value is -1.03. The van der Waals surface area contributed by atoms with E-state index < -0.39 is 0 Å². The monoisotopic (exact) mass is 323 g/mol. The van der Waals surface area contributed by atoms with Crippen molar-refractivity contribution in [3.8, 4) is 0 Å². The molecule has 2 aromatic carbocycles. The molecule has 0 fully saturated rings. The number of halogens is 2. The van der Waals surface area contributed by atoms with E-state index in [1.165, 1.54) is 16.5 Å². The maximum atomic E-state index is 13.2. The lowest BCUT2D eigenvalue weighted by Crippen LogP contribution is -2.30. The third kappa shape index (κ3) is 5.03. The van der Waals surface area contributed by atoms with Crippen LogP contribution in [0.2, 0.25) is 5.02 Å². The molecule has 0 saturated heterocycles. The van der Waals surface area contributed by atoms with Crippen LogP contribution in [-0.2, 0) is 6.42 Å². The Morgan fingerprint density at radius 3 is 2.71 bits per heavy atom. The molecule has 0 aliphatic rings. The van der Waals surface area contributed by atoms with E-state index in [1.807, 2.05) is 18.8 Å². The predicted octanol–water partition coefficient (Wildman–Crippen LogP) is 4.71. The molecule has 112 valence electrons. The minimum absolute atomic E-state index is 0.189. The van der Waals surface area contributed by atoms with E-state index in [-0.39, 0.29) is 10.8 Å². The van der Waals surface area contributed by atoms with Gasteiger partial charge in [0, 0.05) is 16.7 Å². The lowest BCUT2D eigenvalue weighted by atomic mass is 10.1. The van der Waals surface area contributed by atoms with Crippen LogP contribution in [0.5, 0.6) is 0 Å². The number of nitrogens with one attached hydrogen (secondary N) is 1. The number of aryl methyl sites for hydroxylation is 1. The van der Waals surface area contributed by atoms with Gasteiger partial charge in [-0.1, -0.05) is 35.4 Å². The lowest BCUT2D eigenvalue weighted by molar-refractivity contribution is 0.610. The van der Waals surface area contributed by atoms with Crippen molar-refractivity contribution < 1.29 is 4.39 Å². The third-order valence-electron chi connectivity index (χ3n) is 3.32. The zero-order valence-electron chi connectivity index (χ0n) is 12.2. The predicted molar refractivity (Wildman–Crippen MR) is 89.9 cm³/mol. The van der Waals surface area contributed by atoms with Gasteiger partial charge < -0.3 is 5.32 Å². The molecule has 0 heterocycles. The Kier molecular flexibility index (Phi) is 6.09. The molecule has 0 aliphatic carbocycles. The average molecular weight is 324 g/mol. The Labute approximate surface area is 134 Å². The number of rotatable bonds is 6. The molecule has 1 nitrogen and oxygen atoms in total. The molecule has 0 amide bonds. The van der Waals surface area contributed by atoms with E-state index in [2.05, 4.69) is 36.5 Å². The number of likely N-dealkylation sites (N-methyl/N-ethyl adjacent to an activating group) is 1. The molecular weight excluding hydrogens is 305 g/mol. The summed E-state index contributed by atoms with van der Waals surface area (Å²) in [7, 11) is 1.95. The topological polar surface area (TPSA) is 12.0 Å². The van der Waals surface area contributed by atoms with Gasteiger partial charge in [-0.05, 0) is 50.2 Å². The Bertz CT molecular complexity index is 603. The van der Waals surface area contributed by atoms with Gasteiger partial charge in [-0.15, -0.1) is 11.8 Å². The molecular formula is C17H19ClFNS. The van der Waals surface area contributed by atoms with E-state index >= 15 is 0 Å². The van der Waals surface area contributed by atoms with Gasteiger partial charge >= 0.3 is 0 Å². The van der Waals surface area contributed by atoms with Crippen LogP contribution in [0.4, 0.5) is 4.39 Å². The van der Waals surface area contributed by atoms with Crippen molar-refractivity contribution in [2.75, 3.05) is 12.8 Å². The fraction of sp³-hybridized carbons (Fsp3) is 0.294. The summed E-state index contributed by atoms with van der Waals surface area (Å²) in [6, 6.07) is 13.7. The van der Waals surface area contributed by atoms with Crippen LogP contribution in [0.25, 0.3) is 0 Å². The van der Waals surface area contributed by atoms with Crippen LogP contribution >= 0.6 is 23.4 Å². The first-order valence-electron chi connectivity index (χ1n) is 6.89.